The monoisotopic (exact) mass is 308 g/mol. The molecule has 1 fully saturated rings. The summed E-state index contributed by atoms with van der Waals surface area (Å²) in [6.45, 7) is 6.25. The predicted octanol–water partition coefficient (Wildman–Crippen LogP) is 0.146. The van der Waals surface area contributed by atoms with E-state index in [1.165, 1.54) is 0 Å². The van der Waals surface area contributed by atoms with Crippen LogP contribution in [0.1, 0.15) is 40.0 Å². The molecule has 2 rings (SSSR count). The first kappa shape index (κ1) is 16.2. The molecule has 2 N–H and O–H groups in total. The number of rotatable bonds is 3. The SMILES string of the molecule is CC1(C)CC(N=C=O)CC(C)(Cn2c(=O)[nH]c(=O)[nH]c2=O)C1. The number of aromatic nitrogens is 3. The van der Waals surface area contributed by atoms with Crippen molar-refractivity contribution in [2.75, 3.05) is 0 Å². The fourth-order valence-corrected chi connectivity index (χ4v) is 3.84. The zero-order valence-corrected chi connectivity index (χ0v) is 12.9. The maximum absolute atomic E-state index is 11.8. The van der Waals surface area contributed by atoms with Crippen LogP contribution in [0.25, 0.3) is 0 Å². The van der Waals surface area contributed by atoms with Crippen LogP contribution in [0.3, 0.4) is 0 Å². The topological polar surface area (TPSA) is 117 Å². The van der Waals surface area contributed by atoms with Crippen molar-refractivity contribution in [3.8, 4) is 0 Å². The van der Waals surface area contributed by atoms with E-state index in [-0.39, 0.29) is 23.4 Å². The van der Waals surface area contributed by atoms with Gasteiger partial charge in [0.25, 0.3) is 0 Å². The number of hydrogen-bond donors (Lipinski definition) is 2. The molecule has 0 spiro atoms. The van der Waals surface area contributed by atoms with E-state index in [1.807, 2.05) is 6.92 Å². The second-order valence-electron chi connectivity index (χ2n) is 7.21. The lowest BCUT2D eigenvalue weighted by Gasteiger charge is -2.45. The minimum Gasteiger partial charge on any atom is -0.259 e. The van der Waals surface area contributed by atoms with Crippen LogP contribution in [0, 0.1) is 10.8 Å². The molecule has 120 valence electrons. The van der Waals surface area contributed by atoms with Gasteiger partial charge in [-0.1, -0.05) is 20.8 Å². The molecule has 1 aliphatic rings. The molecule has 0 amide bonds. The molecule has 1 aromatic heterocycles. The molecule has 8 heteroatoms. The summed E-state index contributed by atoms with van der Waals surface area (Å²) in [4.78, 5) is 53.3. The van der Waals surface area contributed by atoms with Crippen molar-refractivity contribution in [2.45, 2.75) is 52.6 Å². The average Bonchev–Trinajstić information content (AvgIpc) is 2.31. The summed E-state index contributed by atoms with van der Waals surface area (Å²) >= 11 is 0. The molecular formula is C14H20N4O4. The molecule has 8 nitrogen and oxygen atoms in total. The van der Waals surface area contributed by atoms with Crippen molar-refractivity contribution < 1.29 is 4.79 Å². The molecule has 0 bridgehead atoms. The van der Waals surface area contributed by atoms with Crippen LogP contribution in [0.15, 0.2) is 19.4 Å². The van der Waals surface area contributed by atoms with Crippen molar-refractivity contribution in [2.24, 2.45) is 15.8 Å². The quantitative estimate of drug-likeness (QED) is 0.610. The van der Waals surface area contributed by atoms with Crippen LogP contribution in [0.5, 0.6) is 0 Å². The number of H-pyrrole nitrogens is 2. The van der Waals surface area contributed by atoms with Gasteiger partial charge in [-0.05, 0) is 30.1 Å². The molecule has 0 aromatic carbocycles. The largest absolute Gasteiger partial charge is 0.333 e. The molecule has 1 heterocycles. The van der Waals surface area contributed by atoms with Crippen molar-refractivity contribution in [3.05, 3.63) is 31.5 Å². The maximum Gasteiger partial charge on any atom is 0.333 e. The Kier molecular flexibility index (Phi) is 4.06. The summed E-state index contributed by atoms with van der Waals surface area (Å²) in [5, 5.41) is 0. The van der Waals surface area contributed by atoms with Gasteiger partial charge in [-0.3, -0.25) is 9.97 Å². The first-order valence-corrected chi connectivity index (χ1v) is 7.15. The number of hydrogen-bond acceptors (Lipinski definition) is 5. The number of nitrogens with one attached hydrogen (secondary N) is 2. The Labute approximate surface area is 126 Å². The van der Waals surface area contributed by atoms with Crippen molar-refractivity contribution >= 4 is 6.08 Å². The van der Waals surface area contributed by atoms with E-state index in [4.69, 9.17) is 0 Å². The number of carbonyl (C=O) groups excluding carboxylic acids is 1. The van der Waals surface area contributed by atoms with Crippen LogP contribution >= 0.6 is 0 Å². The van der Waals surface area contributed by atoms with Gasteiger partial charge in [0, 0.05) is 6.54 Å². The Hall–Kier alpha value is -2.21. The van der Waals surface area contributed by atoms with Gasteiger partial charge in [0.2, 0.25) is 6.08 Å². The van der Waals surface area contributed by atoms with E-state index in [2.05, 4.69) is 28.8 Å². The number of isocyanates is 1. The van der Waals surface area contributed by atoms with Crippen LogP contribution in [-0.4, -0.2) is 26.7 Å². The van der Waals surface area contributed by atoms with Gasteiger partial charge in [0.05, 0.1) is 6.04 Å². The van der Waals surface area contributed by atoms with Gasteiger partial charge in [0.15, 0.2) is 0 Å². The summed E-state index contributed by atoms with van der Waals surface area (Å²) in [6.07, 6.45) is 3.71. The fourth-order valence-electron chi connectivity index (χ4n) is 3.84. The lowest BCUT2D eigenvalue weighted by Crippen LogP contribution is -2.48. The molecule has 1 aliphatic carbocycles. The van der Waals surface area contributed by atoms with Crippen molar-refractivity contribution in [1.29, 1.82) is 0 Å². The lowest BCUT2D eigenvalue weighted by atomic mass is 9.62. The number of nitrogens with zero attached hydrogens (tertiary/aromatic N) is 2. The lowest BCUT2D eigenvalue weighted by molar-refractivity contribution is 0.0664. The summed E-state index contributed by atoms with van der Waals surface area (Å²) in [5.41, 5.74) is -2.73. The minimum absolute atomic E-state index is 0.0728. The van der Waals surface area contributed by atoms with Gasteiger partial charge in [-0.15, -0.1) is 0 Å². The van der Waals surface area contributed by atoms with Gasteiger partial charge in [-0.2, -0.15) is 0 Å². The highest BCUT2D eigenvalue weighted by molar-refractivity contribution is 5.33. The van der Waals surface area contributed by atoms with Gasteiger partial charge < -0.3 is 0 Å². The Morgan fingerprint density at radius 3 is 2.32 bits per heavy atom. The first-order valence-electron chi connectivity index (χ1n) is 7.15. The standard InChI is InChI=1S/C14H20N4O4/c1-13(2)4-9(15-8-19)5-14(3,6-13)7-18-11(21)16-10(20)17-12(18)22/h9H,4-7H2,1-3H3,(H2,16,17,20,21,22). The van der Waals surface area contributed by atoms with Gasteiger partial charge >= 0.3 is 17.1 Å². The van der Waals surface area contributed by atoms with Gasteiger partial charge in [-0.25, -0.2) is 28.7 Å². The zero-order valence-electron chi connectivity index (χ0n) is 12.9. The molecule has 2 atom stereocenters. The highest BCUT2D eigenvalue weighted by Crippen LogP contribution is 2.47. The van der Waals surface area contributed by atoms with E-state index in [0.717, 1.165) is 17.4 Å². The molecule has 0 aliphatic heterocycles. The minimum atomic E-state index is -0.816. The molecule has 22 heavy (non-hydrogen) atoms. The number of aromatic amines is 2. The normalized spacial score (nSPS) is 27.1. The zero-order chi connectivity index (χ0) is 16.5. The third kappa shape index (κ3) is 3.51. The molecule has 0 saturated heterocycles. The van der Waals surface area contributed by atoms with E-state index in [9.17, 15) is 19.2 Å². The Bertz CT molecular complexity index is 747. The smallest absolute Gasteiger partial charge is 0.259 e. The Morgan fingerprint density at radius 1 is 1.18 bits per heavy atom. The van der Waals surface area contributed by atoms with Crippen LogP contribution in [0.2, 0.25) is 0 Å². The average molecular weight is 308 g/mol. The summed E-state index contributed by atoms with van der Waals surface area (Å²) < 4.78 is 0.991. The van der Waals surface area contributed by atoms with Crippen molar-refractivity contribution in [3.63, 3.8) is 0 Å². The molecule has 2 unspecified atom stereocenters. The third-order valence-corrected chi connectivity index (χ3v) is 4.13. The summed E-state index contributed by atoms with van der Waals surface area (Å²) in [5.74, 6) is 0. The molecule has 1 saturated carbocycles. The van der Waals surface area contributed by atoms with Gasteiger partial charge in [0.1, 0.15) is 0 Å². The highest BCUT2D eigenvalue weighted by Gasteiger charge is 2.42. The fraction of sp³-hybridized carbons (Fsp3) is 0.714. The summed E-state index contributed by atoms with van der Waals surface area (Å²) in [7, 11) is 0. The van der Waals surface area contributed by atoms with Crippen LogP contribution in [0.4, 0.5) is 0 Å². The summed E-state index contributed by atoms with van der Waals surface area (Å²) in [6, 6.07) is -0.177. The Balaban J connectivity index is 2.38. The molecular weight excluding hydrogens is 288 g/mol. The highest BCUT2D eigenvalue weighted by atomic mass is 16.2. The molecule has 1 aromatic rings. The van der Waals surface area contributed by atoms with E-state index >= 15 is 0 Å². The third-order valence-electron chi connectivity index (χ3n) is 4.13. The molecule has 0 radical (unpaired) electrons. The second-order valence-corrected chi connectivity index (χ2v) is 7.21. The van der Waals surface area contributed by atoms with E-state index in [0.29, 0.717) is 6.42 Å². The second kappa shape index (κ2) is 5.53. The van der Waals surface area contributed by atoms with Crippen LogP contribution < -0.4 is 17.1 Å². The van der Waals surface area contributed by atoms with Crippen LogP contribution in [-0.2, 0) is 11.3 Å². The Morgan fingerprint density at radius 2 is 1.77 bits per heavy atom. The first-order chi connectivity index (χ1) is 10.1. The number of aliphatic imine (C=N–C) groups is 1. The van der Waals surface area contributed by atoms with E-state index in [1.54, 1.807) is 6.08 Å². The predicted molar refractivity (Wildman–Crippen MR) is 79.6 cm³/mol. The van der Waals surface area contributed by atoms with E-state index < -0.39 is 17.1 Å². The maximum atomic E-state index is 11.8. The van der Waals surface area contributed by atoms with Crippen molar-refractivity contribution in [1.82, 2.24) is 14.5 Å².